The lowest BCUT2D eigenvalue weighted by atomic mass is 9.90. The molecule has 51 heavy (non-hydrogen) atoms. The molecular formula is C37H34F3N7O4. The van der Waals surface area contributed by atoms with Crippen molar-refractivity contribution in [2.24, 2.45) is 0 Å². The van der Waals surface area contributed by atoms with Crippen LogP contribution in [0.1, 0.15) is 42.2 Å². The number of imidazole rings is 1. The van der Waals surface area contributed by atoms with Crippen molar-refractivity contribution in [2.75, 3.05) is 27.2 Å². The Kier molecular flexibility index (Phi) is 9.17. The van der Waals surface area contributed by atoms with E-state index in [2.05, 4.69) is 15.3 Å². The Balaban J connectivity index is 1.19. The Morgan fingerprint density at radius 1 is 0.941 bits per heavy atom. The number of amides is 1. The monoisotopic (exact) mass is 697 g/mol. The van der Waals surface area contributed by atoms with Crippen molar-refractivity contribution < 1.29 is 22.7 Å². The number of rotatable bonds is 9. The molecule has 7 rings (SSSR count). The number of fused-ring (bicyclic) bond motifs is 2. The summed E-state index contributed by atoms with van der Waals surface area (Å²) in [5.74, 6) is -1.73. The number of aromatic nitrogens is 5. The van der Waals surface area contributed by atoms with Gasteiger partial charge in [0, 0.05) is 42.7 Å². The predicted molar refractivity (Wildman–Crippen MR) is 185 cm³/mol. The summed E-state index contributed by atoms with van der Waals surface area (Å²) in [6, 6.07) is 14.2. The van der Waals surface area contributed by atoms with Crippen LogP contribution >= 0.6 is 0 Å². The van der Waals surface area contributed by atoms with E-state index in [1.165, 1.54) is 45.6 Å². The molecule has 1 amide bonds. The molecule has 4 heterocycles. The van der Waals surface area contributed by atoms with Crippen molar-refractivity contribution >= 4 is 22.6 Å². The number of hydrogen-bond acceptors (Lipinski definition) is 7. The Morgan fingerprint density at radius 3 is 2.51 bits per heavy atom. The first-order chi connectivity index (χ1) is 24.5. The van der Waals surface area contributed by atoms with E-state index in [1.54, 1.807) is 30.3 Å². The molecule has 0 aliphatic heterocycles. The zero-order valence-electron chi connectivity index (χ0n) is 27.9. The number of carbonyl (C=O) groups is 1. The van der Waals surface area contributed by atoms with E-state index in [0.717, 1.165) is 16.8 Å². The fourth-order valence-corrected chi connectivity index (χ4v) is 6.55. The molecule has 1 fully saturated rings. The van der Waals surface area contributed by atoms with Gasteiger partial charge in [-0.2, -0.15) is 0 Å². The first-order valence-electron chi connectivity index (χ1n) is 16.5. The van der Waals surface area contributed by atoms with Crippen LogP contribution in [0, 0.1) is 17.5 Å². The van der Waals surface area contributed by atoms with E-state index >= 15 is 0 Å². The number of nitrogens with zero attached hydrogens (tertiary/aromatic N) is 6. The van der Waals surface area contributed by atoms with Crippen molar-refractivity contribution in [3.63, 3.8) is 0 Å². The Morgan fingerprint density at radius 2 is 1.73 bits per heavy atom. The lowest BCUT2D eigenvalue weighted by Crippen LogP contribution is -2.45. The molecule has 2 aromatic carbocycles. The van der Waals surface area contributed by atoms with Gasteiger partial charge in [0.05, 0.1) is 17.3 Å². The minimum absolute atomic E-state index is 0.00496. The Hall–Kier alpha value is -5.76. The van der Waals surface area contributed by atoms with E-state index in [0.29, 0.717) is 67.0 Å². The number of nitrogens with one attached hydrogen (secondary N) is 1. The molecule has 0 unspecified atom stereocenters. The van der Waals surface area contributed by atoms with E-state index in [1.807, 2.05) is 19.0 Å². The number of pyridine rings is 2. The quantitative estimate of drug-likeness (QED) is 0.223. The average Bonchev–Trinajstić information content (AvgIpc) is 3.53. The van der Waals surface area contributed by atoms with Crippen molar-refractivity contribution in [3.8, 4) is 22.6 Å². The van der Waals surface area contributed by atoms with Crippen LogP contribution in [-0.2, 0) is 0 Å². The second-order valence-electron chi connectivity index (χ2n) is 12.9. The zero-order valence-corrected chi connectivity index (χ0v) is 27.9. The maximum Gasteiger partial charge on any atom is 0.337 e. The van der Waals surface area contributed by atoms with Gasteiger partial charge in [-0.15, -0.1) is 0 Å². The topological polar surface area (TPSA) is 116 Å². The maximum atomic E-state index is 14.5. The van der Waals surface area contributed by atoms with Crippen LogP contribution < -0.4 is 21.3 Å². The normalized spacial score (nSPS) is 16.2. The predicted octanol–water partition coefficient (Wildman–Crippen LogP) is 5.13. The van der Waals surface area contributed by atoms with Crippen LogP contribution in [0.25, 0.3) is 33.5 Å². The van der Waals surface area contributed by atoms with Crippen molar-refractivity contribution in [3.05, 3.63) is 123 Å². The summed E-state index contributed by atoms with van der Waals surface area (Å²) < 4.78 is 52.2. The summed E-state index contributed by atoms with van der Waals surface area (Å²) in [6.07, 6.45) is 5.32. The molecule has 0 radical (unpaired) electrons. The molecule has 6 aromatic rings. The maximum absolute atomic E-state index is 14.5. The zero-order chi connectivity index (χ0) is 35.8. The summed E-state index contributed by atoms with van der Waals surface area (Å²) in [4.78, 5) is 51.5. The Bertz CT molecular complexity index is 2400. The van der Waals surface area contributed by atoms with Crippen molar-refractivity contribution in [1.29, 1.82) is 0 Å². The molecular weight excluding hydrogens is 663 g/mol. The van der Waals surface area contributed by atoms with E-state index in [4.69, 9.17) is 4.74 Å². The van der Waals surface area contributed by atoms with Gasteiger partial charge in [-0.25, -0.2) is 32.5 Å². The fourth-order valence-electron chi connectivity index (χ4n) is 6.55. The second-order valence-corrected chi connectivity index (χ2v) is 12.9. The molecule has 1 saturated carbocycles. The molecule has 0 bridgehead atoms. The smallest absolute Gasteiger partial charge is 0.337 e. The van der Waals surface area contributed by atoms with E-state index in [9.17, 15) is 27.6 Å². The first kappa shape index (κ1) is 33.7. The molecule has 4 aromatic heterocycles. The van der Waals surface area contributed by atoms with Crippen LogP contribution in [0.5, 0.6) is 5.75 Å². The van der Waals surface area contributed by atoms with Crippen LogP contribution in [-0.4, -0.2) is 67.6 Å². The highest BCUT2D eigenvalue weighted by Gasteiger charge is 2.29. The molecule has 14 heteroatoms. The van der Waals surface area contributed by atoms with Gasteiger partial charge in [-0.1, -0.05) is 12.1 Å². The van der Waals surface area contributed by atoms with Crippen LogP contribution in [0.4, 0.5) is 13.2 Å². The highest BCUT2D eigenvalue weighted by atomic mass is 19.1. The molecule has 1 aliphatic rings. The van der Waals surface area contributed by atoms with Crippen molar-refractivity contribution in [2.45, 2.75) is 37.8 Å². The van der Waals surface area contributed by atoms with Crippen LogP contribution in [0.3, 0.4) is 0 Å². The highest BCUT2D eigenvalue weighted by molar-refractivity contribution is 5.93. The van der Waals surface area contributed by atoms with Crippen molar-refractivity contribution in [1.82, 2.24) is 33.7 Å². The number of halogens is 3. The van der Waals surface area contributed by atoms with Gasteiger partial charge in [0.15, 0.2) is 5.65 Å². The molecule has 0 saturated heterocycles. The van der Waals surface area contributed by atoms with Gasteiger partial charge in [0.2, 0.25) is 0 Å². The first-order valence-corrected chi connectivity index (χ1v) is 16.5. The van der Waals surface area contributed by atoms with Gasteiger partial charge >= 0.3 is 5.69 Å². The fraction of sp³-hybridized carbons (Fsp3) is 0.270. The number of ether oxygens (including phenoxy) is 1. The van der Waals surface area contributed by atoms with Crippen LogP contribution in [0.15, 0.2) is 88.8 Å². The van der Waals surface area contributed by atoms with E-state index in [-0.39, 0.29) is 22.8 Å². The van der Waals surface area contributed by atoms with E-state index < -0.39 is 40.6 Å². The van der Waals surface area contributed by atoms with Gasteiger partial charge in [0.25, 0.3) is 11.5 Å². The van der Waals surface area contributed by atoms with Gasteiger partial charge in [-0.3, -0.25) is 14.2 Å². The molecule has 0 spiro atoms. The molecule has 262 valence electrons. The largest absolute Gasteiger partial charge is 0.492 e. The number of carbonyl (C=O) groups excluding carboxylic acids is 1. The molecule has 0 atom stereocenters. The van der Waals surface area contributed by atoms with Gasteiger partial charge in [0.1, 0.15) is 41.1 Å². The number of benzene rings is 2. The second kappa shape index (κ2) is 13.9. The molecule has 1 N–H and O–H groups in total. The summed E-state index contributed by atoms with van der Waals surface area (Å²) >= 11 is 0. The third kappa shape index (κ3) is 6.86. The molecule has 11 nitrogen and oxygen atoms in total. The summed E-state index contributed by atoms with van der Waals surface area (Å²) in [7, 11) is 3.80. The minimum Gasteiger partial charge on any atom is -0.492 e. The number of hydrogen-bond donors (Lipinski definition) is 1. The minimum atomic E-state index is -0.725. The summed E-state index contributed by atoms with van der Waals surface area (Å²) in [5.41, 5.74) is 0.851. The Labute approximate surface area is 289 Å². The highest BCUT2D eigenvalue weighted by Crippen LogP contribution is 2.33. The summed E-state index contributed by atoms with van der Waals surface area (Å²) in [6.45, 7) is 0.932. The lowest BCUT2D eigenvalue weighted by Gasteiger charge is -2.30. The lowest BCUT2D eigenvalue weighted by molar-refractivity contribution is 0.0917. The SMILES string of the molecule is CN(C)CCOc1cc(F)ccc1-c1cccc(-n2c(=O)n([C@H]3CC[C@@H](NC(=O)c4cn5cc(F)ccc5n4)CC3)c(=O)c3cc(F)cnc32)c1. The third-order valence-corrected chi connectivity index (χ3v) is 9.09. The number of likely N-dealkylation sites (N-methyl/N-ethyl adjacent to an activating group) is 1. The van der Waals surface area contributed by atoms with Crippen LogP contribution in [0.2, 0.25) is 0 Å². The third-order valence-electron chi connectivity index (χ3n) is 9.09. The average molecular weight is 698 g/mol. The standard InChI is InChI=1S/C37H34F3N7O4/c1-44(2)14-15-51-32-18-23(38)6-12-29(32)22-4-3-5-28(16-22)46-34-30(17-25(40)19-41-34)36(49)47(37(46)50)27-10-8-26(9-11-27)42-35(48)31-21-45-20-24(39)7-13-33(45)43-31/h3-7,12-13,16-21,26-27H,8-11,14-15H2,1-2H3,(H,42,48)/t26-,27+. The van der Waals surface area contributed by atoms with Gasteiger partial charge in [-0.05, 0) is 87.8 Å². The molecule has 1 aliphatic carbocycles. The summed E-state index contributed by atoms with van der Waals surface area (Å²) in [5, 5.41) is 2.90. The van der Waals surface area contributed by atoms with Gasteiger partial charge < -0.3 is 19.4 Å².